The Hall–Kier alpha value is -1.02. The minimum absolute atomic E-state index is 0.738. The number of benzene rings is 1. The van der Waals surface area contributed by atoms with Crippen molar-refractivity contribution < 1.29 is 4.74 Å². The molecule has 2 fully saturated rings. The van der Waals surface area contributed by atoms with Gasteiger partial charge in [-0.05, 0) is 61.8 Å². The molecule has 0 unspecified atom stereocenters. The molecule has 0 radical (unpaired) electrons. The van der Waals surface area contributed by atoms with Gasteiger partial charge in [-0.25, -0.2) is 0 Å². The average molecular weight is 231 g/mol. The summed E-state index contributed by atoms with van der Waals surface area (Å²) in [6.07, 6.45) is 5.47. The van der Waals surface area contributed by atoms with Crippen LogP contribution in [0.2, 0.25) is 0 Å². The number of nitrogens with one attached hydrogen (secondary N) is 1. The van der Waals surface area contributed by atoms with Crippen LogP contribution < -0.4 is 10.1 Å². The molecule has 1 aromatic carbocycles. The molecular formula is C15H21NO. The molecule has 0 spiro atoms. The predicted molar refractivity (Wildman–Crippen MR) is 69.5 cm³/mol. The second-order valence-corrected chi connectivity index (χ2v) is 5.49. The average Bonchev–Trinajstić information content (AvgIpc) is 3.11. The van der Waals surface area contributed by atoms with Gasteiger partial charge in [-0.3, -0.25) is 0 Å². The molecule has 92 valence electrons. The Labute approximate surface area is 103 Å². The summed E-state index contributed by atoms with van der Waals surface area (Å²) in [5, 5.41) is 3.68. The molecule has 1 N–H and O–H groups in total. The highest BCUT2D eigenvalue weighted by molar-refractivity contribution is 5.32. The van der Waals surface area contributed by atoms with Crippen LogP contribution in [0.25, 0.3) is 0 Å². The van der Waals surface area contributed by atoms with Crippen molar-refractivity contribution in [1.29, 1.82) is 0 Å². The maximum absolute atomic E-state index is 5.27. The molecule has 2 heteroatoms. The zero-order valence-corrected chi connectivity index (χ0v) is 10.5. The number of hydrogen-bond donors (Lipinski definition) is 1. The highest BCUT2D eigenvalue weighted by Gasteiger charge is 2.31. The van der Waals surface area contributed by atoms with Crippen molar-refractivity contribution in [2.75, 3.05) is 13.7 Å². The normalized spacial score (nSPS) is 27.6. The van der Waals surface area contributed by atoms with Crippen LogP contribution in [0.1, 0.15) is 37.2 Å². The van der Waals surface area contributed by atoms with Gasteiger partial charge in [-0.1, -0.05) is 12.1 Å². The van der Waals surface area contributed by atoms with Gasteiger partial charge in [0.2, 0.25) is 0 Å². The Morgan fingerprint density at radius 3 is 2.82 bits per heavy atom. The first-order valence-electron chi connectivity index (χ1n) is 6.72. The van der Waals surface area contributed by atoms with Gasteiger partial charge in [0.05, 0.1) is 7.11 Å². The summed E-state index contributed by atoms with van der Waals surface area (Å²) in [6, 6.07) is 9.28. The number of rotatable bonds is 5. The monoisotopic (exact) mass is 231 g/mol. The topological polar surface area (TPSA) is 21.3 Å². The lowest BCUT2D eigenvalue weighted by molar-refractivity contribution is 0.287. The summed E-state index contributed by atoms with van der Waals surface area (Å²) in [7, 11) is 1.74. The summed E-state index contributed by atoms with van der Waals surface area (Å²) in [4.78, 5) is 0. The van der Waals surface area contributed by atoms with Crippen molar-refractivity contribution in [3.8, 4) is 5.75 Å². The van der Waals surface area contributed by atoms with Crippen LogP contribution in [0.3, 0.4) is 0 Å². The molecule has 2 nitrogen and oxygen atoms in total. The largest absolute Gasteiger partial charge is 0.497 e. The third kappa shape index (κ3) is 2.63. The number of methoxy groups -OCH3 is 1. The van der Waals surface area contributed by atoms with Crippen molar-refractivity contribution >= 4 is 0 Å². The van der Waals surface area contributed by atoms with Crippen LogP contribution in [-0.2, 0) is 0 Å². The third-order valence-corrected chi connectivity index (χ3v) is 4.10. The van der Waals surface area contributed by atoms with Gasteiger partial charge in [0.15, 0.2) is 0 Å². The van der Waals surface area contributed by atoms with Gasteiger partial charge >= 0.3 is 0 Å². The van der Waals surface area contributed by atoms with Crippen LogP contribution in [0.5, 0.6) is 5.75 Å². The second kappa shape index (κ2) is 4.69. The zero-order chi connectivity index (χ0) is 11.7. The van der Waals surface area contributed by atoms with E-state index in [2.05, 4.69) is 23.5 Å². The first kappa shape index (κ1) is 11.1. The van der Waals surface area contributed by atoms with Crippen LogP contribution in [0.15, 0.2) is 24.3 Å². The molecule has 0 atom stereocenters. The maximum Gasteiger partial charge on any atom is 0.119 e. The first-order valence-corrected chi connectivity index (χ1v) is 6.72. The molecule has 0 aliphatic heterocycles. The minimum atomic E-state index is 0.738. The Bertz CT molecular complexity index is 380. The van der Waals surface area contributed by atoms with E-state index in [0.717, 1.165) is 23.6 Å². The van der Waals surface area contributed by atoms with Crippen LogP contribution in [0, 0.1) is 5.92 Å². The standard InChI is InChI=1S/C15H21NO/c1-17-15-4-2-3-12(9-15)13-7-14(8-13)16-10-11-5-6-11/h2-4,9,11,13-14,16H,5-8,10H2,1H3. The van der Waals surface area contributed by atoms with Gasteiger partial charge < -0.3 is 10.1 Å². The Kier molecular flexibility index (Phi) is 3.06. The number of ether oxygens (including phenoxy) is 1. The molecule has 17 heavy (non-hydrogen) atoms. The molecule has 2 aliphatic rings. The highest BCUT2D eigenvalue weighted by atomic mass is 16.5. The molecule has 0 saturated heterocycles. The van der Waals surface area contributed by atoms with Crippen molar-refractivity contribution in [2.45, 2.75) is 37.6 Å². The van der Waals surface area contributed by atoms with Gasteiger partial charge in [-0.2, -0.15) is 0 Å². The van der Waals surface area contributed by atoms with E-state index in [4.69, 9.17) is 4.74 Å². The fourth-order valence-corrected chi connectivity index (χ4v) is 2.61. The molecule has 0 aromatic heterocycles. The first-order chi connectivity index (χ1) is 8.35. The molecule has 2 aliphatic carbocycles. The summed E-state index contributed by atoms with van der Waals surface area (Å²) in [5.74, 6) is 2.71. The molecule has 3 rings (SSSR count). The lowest BCUT2D eigenvalue weighted by Gasteiger charge is -2.36. The van der Waals surface area contributed by atoms with E-state index in [-0.39, 0.29) is 0 Å². The predicted octanol–water partition coefficient (Wildman–Crippen LogP) is 2.94. The van der Waals surface area contributed by atoms with E-state index in [1.807, 2.05) is 6.07 Å². The van der Waals surface area contributed by atoms with Crippen LogP contribution in [0.4, 0.5) is 0 Å². The van der Waals surface area contributed by atoms with Crippen molar-refractivity contribution in [1.82, 2.24) is 5.32 Å². The third-order valence-electron chi connectivity index (χ3n) is 4.10. The lowest BCUT2D eigenvalue weighted by Crippen LogP contribution is -2.40. The maximum atomic E-state index is 5.27. The molecule has 0 heterocycles. The Morgan fingerprint density at radius 1 is 1.29 bits per heavy atom. The smallest absolute Gasteiger partial charge is 0.119 e. The molecule has 0 amide bonds. The number of hydrogen-bond acceptors (Lipinski definition) is 2. The van der Waals surface area contributed by atoms with Gasteiger partial charge in [-0.15, -0.1) is 0 Å². The lowest BCUT2D eigenvalue weighted by atomic mass is 9.76. The van der Waals surface area contributed by atoms with Gasteiger partial charge in [0, 0.05) is 6.04 Å². The van der Waals surface area contributed by atoms with Crippen molar-refractivity contribution in [3.63, 3.8) is 0 Å². The second-order valence-electron chi connectivity index (χ2n) is 5.49. The Balaban J connectivity index is 1.49. The van der Waals surface area contributed by atoms with Crippen LogP contribution in [-0.4, -0.2) is 19.7 Å². The zero-order valence-electron chi connectivity index (χ0n) is 10.5. The summed E-state index contributed by atoms with van der Waals surface area (Å²) >= 11 is 0. The van der Waals surface area contributed by atoms with Crippen molar-refractivity contribution in [2.24, 2.45) is 5.92 Å². The van der Waals surface area contributed by atoms with Gasteiger partial charge in [0.1, 0.15) is 5.75 Å². The highest BCUT2D eigenvalue weighted by Crippen LogP contribution is 2.38. The van der Waals surface area contributed by atoms with Gasteiger partial charge in [0.25, 0.3) is 0 Å². The molecular weight excluding hydrogens is 210 g/mol. The minimum Gasteiger partial charge on any atom is -0.497 e. The van der Waals surface area contributed by atoms with E-state index in [9.17, 15) is 0 Å². The molecule has 0 bridgehead atoms. The summed E-state index contributed by atoms with van der Waals surface area (Å²) in [5.41, 5.74) is 1.44. The Morgan fingerprint density at radius 2 is 2.12 bits per heavy atom. The van der Waals surface area contributed by atoms with Crippen LogP contribution >= 0.6 is 0 Å². The summed E-state index contributed by atoms with van der Waals surface area (Å²) < 4.78 is 5.27. The van der Waals surface area contributed by atoms with Crippen molar-refractivity contribution in [3.05, 3.63) is 29.8 Å². The van der Waals surface area contributed by atoms with E-state index < -0.39 is 0 Å². The SMILES string of the molecule is COc1cccc(C2CC(NCC3CC3)C2)c1. The molecule has 1 aromatic rings. The summed E-state index contributed by atoms with van der Waals surface area (Å²) in [6.45, 7) is 1.25. The van der Waals surface area contributed by atoms with E-state index >= 15 is 0 Å². The fraction of sp³-hybridized carbons (Fsp3) is 0.600. The van der Waals surface area contributed by atoms with E-state index in [1.165, 1.54) is 37.8 Å². The fourth-order valence-electron chi connectivity index (χ4n) is 2.61. The quantitative estimate of drug-likeness (QED) is 0.841. The molecule has 2 saturated carbocycles. The van der Waals surface area contributed by atoms with E-state index in [0.29, 0.717) is 0 Å². The van der Waals surface area contributed by atoms with E-state index in [1.54, 1.807) is 7.11 Å².